The zero-order valence-electron chi connectivity index (χ0n) is 14.0. The van der Waals surface area contributed by atoms with Gasteiger partial charge in [0.1, 0.15) is 0 Å². The van der Waals surface area contributed by atoms with E-state index in [1.807, 2.05) is 6.07 Å². The Morgan fingerprint density at radius 2 is 1.78 bits per heavy atom. The smallest absolute Gasteiger partial charge is 0.226 e. The van der Waals surface area contributed by atoms with E-state index >= 15 is 0 Å². The van der Waals surface area contributed by atoms with E-state index in [9.17, 15) is 4.79 Å². The van der Waals surface area contributed by atoms with Gasteiger partial charge in [-0.1, -0.05) is 55.7 Å². The molecule has 2 aliphatic rings. The van der Waals surface area contributed by atoms with Crippen molar-refractivity contribution in [2.45, 2.75) is 32.1 Å². The van der Waals surface area contributed by atoms with Crippen LogP contribution in [0.3, 0.4) is 0 Å². The zero-order valence-corrected chi connectivity index (χ0v) is 14.0. The van der Waals surface area contributed by atoms with Crippen molar-refractivity contribution in [1.29, 1.82) is 0 Å². The van der Waals surface area contributed by atoms with Crippen LogP contribution in [0.15, 0.2) is 36.4 Å². The van der Waals surface area contributed by atoms with E-state index in [-0.39, 0.29) is 0 Å². The van der Waals surface area contributed by atoms with E-state index in [0.717, 1.165) is 45.6 Å². The number of hydrogen-bond donors (Lipinski definition) is 1. The van der Waals surface area contributed by atoms with Crippen LogP contribution in [0.1, 0.15) is 37.7 Å². The molecule has 2 fully saturated rings. The molecule has 1 saturated carbocycles. The van der Waals surface area contributed by atoms with E-state index < -0.39 is 0 Å². The molecule has 0 radical (unpaired) electrons. The molecule has 1 aromatic carbocycles. The minimum Gasteiger partial charge on any atom is -0.331 e. The average Bonchev–Trinajstić information content (AvgIpc) is 2.63. The molecule has 1 N–H and O–H groups in total. The highest BCUT2D eigenvalue weighted by atomic mass is 16.2. The number of nitrogens with one attached hydrogen (secondary N) is 1. The van der Waals surface area contributed by atoms with Crippen LogP contribution in [0.5, 0.6) is 0 Å². The van der Waals surface area contributed by atoms with Crippen LogP contribution in [0.4, 0.5) is 0 Å². The first-order valence-electron chi connectivity index (χ1n) is 9.17. The summed E-state index contributed by atoms with van der Waals surface area (Å²) in [5.41, 5.74) is 1.26. The minimum atomic E-state index is 0.322. The first kappa shape index (κ1) is 16.3. The predicted molar refractivity (Wildman–Crippen MR) is 94.2 cm³/mol. The molecule has 1 amide bonds. The maximum Gasteiger partial charge on any atom is 0.226 e. The van der Waals surface area contributed by atoms with E-state index in [1.165, 1.54) is 24.8 Å². The molecule has 0 spiro atoms. The van der Waals surface area contributed by atoms with Crippen LogP contribution in [0.25, 0.3) is 6.08 Å². The van der Waals surface area contributed by atoms with Crippen molar-refractivity contribution in [3.8, 4) is 0 Å². The SMILES string of the molecule is O=C(C1CCCCC1)N1CC[NH+](CC=Cc2ccccc2)CC1. The molecule has 3 rings (SSSR count). The van der Waals surface area contributed by atoms with Crippen molar-refractivity contribution in [3.05, 3.63) is 42.0 Å². The van der Waals surface area contributed by atoms with Crippen LogP contribution in [-0.2, 0) is 4.79 Å². The highest BCUT2D eigenvalue weighted by Crippen LogP contribution is 2.25. The Labute approximate surface area is 140 Å². The number of rotatable bonds is 4. The van der Waals surface area contributed by atoms with Gasteiger partial charge in [0.2, 0.25) is 5.91 Å². The molecule has 1 saturated heterocycles. The number of piperazine rings is 1. The van der Waals surface area contributed by atoms with E-state index in [4.69, 9.17) is 0 Å². The highest BCUT2D eigenvalue weighted by molar-refractivity contribution is 5.79. The summed E-state index contributed by atoms with van der Waals surface area (Å²) in [7, 11) is 0. The second-order valence-electron chi connectivity index (χ2n) is 6.93. The van der Waals surface area contributed by atoms with E-state index in [2.05, 4.69) is 41.3 Å². The molecule has 0 atom stereocenters. The Morgan fingerprint density at radius 1 is 1.09 bits per heavy atom. The van der Waals surface area contributed by atoms with Gasteiger partial charge >= 0.3 is 0 Å². The lowest BCUT2D eigenvalue weighted by Gasteiger charge is -2.34. The first-order valence-corrected chi connectivity index (χ1v) is 9.17. The second-order valence-corrected chi connectivity index (χ2v) is 6.93. The lowest BCUT2D eigenvalue weighted by atomic mass is 9.88. The van der Waals surface area contributed by atoms with Gasteiger partial charge in [-0.05, 0) is 24.5 Å². The van der Waals surface area contributed by atoms with E-state index in [0.29, 0.717) is 11.8 Å². The molecule has 1 heterocycles. The molecule has 3 heteroatoms. The van der Waals surface area contributed by atoms with Crippen molar-refractivity contribution < 1.29 is 9.69 Å². The third kappa shape index (κ3) is 4.68. The van der Waals surface area contributed by atoms with Crippen LogP contribution < -0.4 is 4.90 Å². The monoisotopic (exact) mass is 313 g/mol. The summed E-state index contributed by atoms with van der Waals surface area (Å²) in [6.07, 6.45) is 10.5. The summed E-state index contributed by atoms with van der Waals surface area (Å²) in [5, 5.41) is 0. The number of hydrogen-bond acceptors (Lipinski definition) is 1. The van der Waals surface area contributed by atoms with Crippen LogP contribution in [0, 0.1) is 5.92 Å². The average molecular weight is 313 g/mol. The fraction of sp³-hybridized carbons (Fsp3) is 0.550. The largest absolute Gasteiger partial charge is 0.331 e. The first-order chi connectivity index (χ1) is 11.3. The zero-order chi connectivity index (χ0) is 15.9. The standard InChI is InChI=1S/C20H28N2O/c23-20(19-11-5-2-6-12-19)22-16-14-21(15-17-22)13-7-10-18-8-3-1-4-9-18/h1,3-4,7-10,19H,2,5-6,11-17H2/p+1. The van der Waals surface area contributed by atoms with Gasteiger partial charge in [0.05, 0.1) is 32.7 Å². The third-order valence-electron chi connectivity index (χ3n) is 5.25. The Balaban J connectivity index is 1.41. The molecule has 1 aromatic rings. The highest BCUT2D eigenvalue weighted by Gasteiger charge is 2.29. The summed E-state index contributed by atoms with van der Waals surface area (Å²) in [5.74, 6) is 0.756. The van der Waals surface area contributed by atoms with Crippen molar-refractivity contribution in [2.75, 3.05) is 32.7 Å². The molecular formula is C20H29N2O+. The Bertz CT molecular complexity index is 512. The summed E-state index contributed by atoms with van der Waals surface area (Å²) < 4.78 is 0. The molecule has 1 aliphatic carbocycles. The normalized spacial score (nSPS) is 21.0. The fourth-order valence-corrected chi connectivity index (χ4v) is 3.78. The van der Waals surface area contributed by atoms with Gasteiger partial charge in [-0.25, -0.2) is 0 Å². The quantitative estimate of drug-likeness (QED) is 0.903. The topological polar surface area (TPSA) is 24.8 Å². The lowest BCUT2D eigenvalue weighted by molar-refractivity contribution is -0.898. The number of quaternary nitrogens is 1. The lowest BCUT2D eigenvalue weighted by Crippen LogP contribution is -3.14. The van der Waals surface area contributed by atoms with Crippen LogP contribution in [-0.4, -0.2) is 43.5 Å². The minimum absolute atomic E-state index is 0.322. The van der Waals surface area contributed by atoms with Gasteiger partial charge < -0.3 is 9.80 Å². The van der Waals surface area contributed by atoms with Gasteiger partial charge in [-0.2, -0.15) is 0 Å². The molecule has 124 valence electrons. The second kappa shape index (κ2) is 8.30. The van der Waals surface area contributed by atoms with E-state index in [1.54, 1.807) is 4.90 Å². The number of benzene rings is 1. The van der Waals surface area contributed by atoms with Gasteiger partial charge in [0.25, 0.3) is 0 Å². The Kier molecular flexibility index (Phi) is 5.87. The Morgan fingerprint density at radius 3 is 2.48 bits per heavy atom. The number of carbonyl (C=O) groups excluding carboxylic acids is 1. The van der Waals surface area contributed by atoms with Crippen molar-refractivity contribution in [3.63, 3.8) is 0 Å². The van der Waals surface area contributed by atoms with Gasteiger partial charge in [0.15, 0.2) is 0 Å². The summed E-state index contributed by atoms with van der Waals surface area (Å²) in [6.45, 7) is 5.09. The van der Waals surface area contributed by atoms with Gasteiger partial charge in [-0.3, -0.25) is 4.79 Å². The molecule has 0 bridgehead atoms. The van der Waals surface area contributed by atoms with Gasteiger partial charge in [0, 0.05) is 5.92 Å². The summed E-state index contributed by atoms with van der Waals surface area (Å²) in [4.78, 5) is 16.3. The Hall–Kier alpha value is -1.61. The van der Waals surface area contributed by atoms with Crippen LogP contribution >= 0.6 is 0 Å². The predicted octanol–water partition coefficient (Wildman–Crippen LogP) is 2.01. The molecule has 1 aliphatic heterocycles. The number of amides is 1. The van der Waals surface area contributed by atoms with Gasteiger partial charge in [-0.15, -0.1) is 0 Å². The van der Waals surface area contributed by atoms with Crippen molar-refractivity contribution in [1.82, 2.24) is 4.90 Å². The third-order valence-corrected chi connectivity index (χ3v) is 5.25. The molecule has 0 aromatic heterocycles. The maximum atomic E-state index is 12.6. The fourth-order valence-electron chi connectivity index (χ4n) is 3.78. The summed E-state index contributed by atoms with van der Waals surface area (Å²) in [6, 6.07) is 10.5. The number of carbonyl (C=O) groups is 1. The van der Waals surface area contributed by atoms with Crippen molar-refractivity contribution >= 4 is 12.0 Å². The number of nitrogens with zero attached hydrogens (tertiary/aromatic N) is 1. The molecule has 3 nitrogen and oxygen atoms in total. The summed E-state index contributed by atoms with van der Waals surface area (Å²) >= 11 is 0. The molecule has 23 heavy (non-hydrogen) atoms. The van der Waals surface area contributed by atoms with Crippen LogP contribution in [0.2, 0.25) is 0 Å². The molecule has 0 unspecified atom stereocenters. The maximum absolute atomic E-state index is 12.6. The van der Waals surface area contributed by atoms with Crippen molar-refractivity contribution in [2.24, 2.45) is 5.92 Å². The molecular weight excluding hydrogens is 284 g/mol.